The number of nitrogens with zero attached hydrogens (tertiary/aromatic N) is 3. The summed E-state index contributed by atoms with van der Waals surface area (Å²) in [4.78, 5) is 12.8. The van der Waals surface area contributed by atoms with Gasteiger partial charge >= 0.3 is 0 Å². The van der Waals surface area contributed by atoms with E-state index >= 15 is 0 Å². The molecule has 0 radical (unpaired) electrons. The number of rotatable bonds is 6. The number of hydrogen-bond acceptors (Lipinski definition) is 5. The third-order valence-corrected chi connectivity index (χ3v) is 2.59. The molecule has 0 spiro atoms. The molecular formula is C14H19N5. The van der Waals surface area contributed by atoms with Gasteiger partial charge in [-0.3, -0.25) is 4.98 Å². The van der Waals surface area contributed by atoms with Crippen molar-refractivity contribution in [1.29, 1.82) is 0 Å². The fraction of sp³-hybridized carbons (Fsp3) is 0.357. The molecule has 0 aliphatic rings. The first-order valence-electron chi connectivity index (χ1n) is 6.50. The maximum atomic E-state index is 4.37. The summed E-state index contributed by atoms with van der Waals surface area (Å²) in [5.74, 6) is 2.45. The van der Waals surface area contributed by atoms with Gasteiger partial charge < -0.3 is 10.6 Å². The number of nitrogens with one attached hydrogen (secondary N) is 2. The molecule has 2 heterocycles. The van der Waals surface area contributed by atoms with Crippen molar-refractivity contribution in [1.82, 2.24) is 15.0 Å². The summed E-state index contributed by atoms with van der Waals surface area (Å²) in [5, 5.41) is 6.56. The van der Waals surface area contributed by atoms with Crippen LogP contribution in [0.4, 0.5) is 11.6 Å². The molecule has 100 valence electrons. The van der Waals surface area contributed by atoms with Crippen molar-refractivity contribution < 1.29 is 0 Å². The van der Waals surface area contributed by atoms with Crippen molar-refractivity contribution in [2.75, 3.05) is 17.2 Å². The third kappa shape index (κ3) is 4.21. The summed E-state index contributed by atoms with van der Waals surface area (Å²) in [6, 6.07) is 5.89. The standard InChI is InChI=1S/C14H19N5/c1-3-6-16-13-8-14(19-11(2)18-13)17-10-12-5-4-7-15-9-12/h4-5,7-9H,3,6,10H2,1-2H3,(H2,16,17,18,19). The number of anilines is 2. The summed E-state index contributed by atoms with van der Waals surface area (Å²) in [6.45, 7) is 5.64. The van der Waals surface area contributed by atoms with Gasteiger partial charge in [-0.05, 0) is 25.0 Å². The molecule has 2 aromatic heterocycles. The van der Waals surface area contributed by atoms with E-state index < -0.39 is 0 Å². The predicted molar refractivity (Wildman–Crippen MR) is 77.1 cm³/mol. The molecule has 5 nitrogen and oxygen atoms in total. The molecule has 0 saturated carbocycles. The summed E-state index contributed by atoms with van der Waals surface area (Å²) < 4.78 is 0. The zero-order valence-electron chi connectivity index (χ0n) is 11.3. The van der Waals surface area contributed by atoms with Crippen LogP contribution in [-0.2, 0) is 6.54 Å². The van der Waals surface area contributed by atoms with E-state index in [0.717, 1.165) is 36.0 Å². The Hall–Kier alpha value is -2.17. The van der Waals surface area contributed by atoms with Crippen LogP contribution in [0.1, 0.15) is 24.7 Å². The highest BCUT2D eigenvalue weighted by molar-refractivity contribution is 5.47. The summed E-state index contributed by atoms with van der Waals surface area (Å²) >= 11 is 0. The smallest absolute Gasteiger partial charge is 0.132 e. The largest absolute Gasteiger partial charge is 0.370 e. The minimum Gasteiger partial charge on any atom is -0.370 e. The van der Waals surface area contributed by atoms with Crippen molar-refractivity contribution in [3.8, 4) is 0 Å². The number of pyridine rings is 1. The van der Waals surface area contributed by atoms with Crippen LogP contribution in [0.25, 0.3) is 0 Å². The second kappa shape index (κ2) is 6.68. The van der Waals surface area contributed by atoms with E-state index in [9.17, 15) is 0 Å². The van der Waals surface area contributed by atoms with Crippen molar-refractivity contribution in [3.63, 3.8) is 0 Å². The van der Waals surface area contributed by atoms with Crippen molar-refractivity contribution >= 4 is 11.6 Å². The van der Waals surface area contributed by atoms with Gasteiger partial charge in [0.25, 0.3) is 0 Å². The van der Waals surface area contributed by atoms with Crippen LogP contribution in [-0.4, -0.2) is 21.5 Å². The van der Waals surface area contributed by atoms with Gasteiger partial charge in [-0.15, -0.1) is 0 Å². The number of aromatic nitrogens is 3. The molecule has 0 saturated heterocycles. The Labute approximate surface area is 113 Å². The van der Waals surface area contributed by atoms with E-state index in [1.165, 1.54) is 0 Å². The Morgan fingerprint density at radius 2 is 1.95 bits per heavy atom. The molecule has 0 unspecified atom stereocenters. The van der Waals surface area contributed by atoms with Gasteiger partial charge in [0, 0.05) is 31.5 Å². The third-order valence-electron chi connectivity index (χ3n) is 2.59. The lowest BCUT2D eigenvalue weighted by atomic mass is 10.3. The fourth-order valence-electron chi connectivity index (χ4n) is 1.70. The van der Waals surface area contributed by atoms with Gasteiger partial charge in [0.1, 0.15) is 17.5 Å². The number of hydrogen-bond donors (Lipinski definition) is 2. The minimum atomic E-state index is 0.706. The van der Waals surface area contributed by atoms with E-state index in [0.29, 0.717) is 6.54 Å². The van der Waals surface area contributed by atoms with E-state index in [-0.39, 0.29) is 0 Å². The van der Waals surface area contributed by atoms with Gasteiger partial charge in [0.15, 0.2) is 0 Å². The van der Waals surface area contributed by atoms with Crippen molar-refractivity contribution in [2.45, 2.75) is 26.8 Å². The van der Waals surface area contributed by atoms with Crippen molar-refractivity contribution in [3.05, 3.63) is 42.0 Å². The second-order valence-corrected chi connectivity index (χ2v) is 4.33. The maximum absolute atomic E-state index is 4.37. The van der Waals surface area contributed by atoms with Crippen LogP contribution in [0, 0.1) is 6.92 Å². The second-order valence-electron chi connectivity index (χ2n) is 4.33. The maximum Gasteiger partial charge on any atom is 0.132 e. The molecule has 5 heteroatoms. The van der Waals surface area contributed by atoms with Gasteiger partial charge in [0.05, 0.1) is 0 Å². The first-order chi connectivity index (χ1) is 9.28. The lowest BCUT2D eigenvalue weighted by molar-refractivity contribution is 0.951. The Bertz CT molecular complexity index is 512. The molecule has 2 N–H and O–H groups in total. The molecule has 0 aliphatic carbocycles. The highest BCUT2D eigenvalue weighted by Gasteiger charge is 2.01. The Morgan fingerprint density at radius 1 is 1.16 bits per heavy atom. The van der Waals surface area contributed by atoms with Gasteiger partial charge in [0.2, 0.25) is 0 Å². The molecule has 0 fully saturated rings. The van der Waals surface area contributed by atoms with Crippen LogP contribution in [0.3, 0.4) is 0 Å². The van der Waals surface area contributed by atoms with Crippen LogP contribution in [0.15, 0.2) is 30.6 Å². The van der Waals surface area contributed by atoms with Gasteiger partial charge in [-0.1, -0.05) is 13.0 Å². The molecule has 2 aromatic rings. The lowest BCUT2D eigenvalue weighted by Gasteiger charge is -2.09. The summed E-state index contributed by atoms with van der Waals surface area (Å²) in [6.07, 6.45) is 4.68. The molecule has 0 aliphatic heterocycles. The SMILES string of the molecule is CCCNc1cc(NCc2cccnc2)nc(C)n1. The molecule has 0 amide bonds. The van der Waals surface area contributed by atoms with E-state index in [2.05, 4.69) is 32.5 Å². The van der Waals surface area contributed by atoms with E-state index in [1.807, 2.05) is 31.3 Å². The highest BCUT2D eigenvalue weighted by atomic mass is 15.1. The van der Waals surface area contributed by atoms with Crippen molar-refractivity contribution in [2.24, 2.45) is 0 Å². The van der Waals surface area contributed by atoms with Crippen LogP contribution in [0.2, 0.25) is 0 Å². The van der Waals surface area contributed by atoms with Gasteiger partial charge in [-0.25, -0.2) is 9.97 Å². The highest BCUT2D eigenvalue weighted by Crippen LogP contribution is 2.12. The van der Waals surface area contributed by atoms with Crippen LogP contribution < -0.4 is 10.6 Å². The van der Waals surface area contributed by atoms with Crippen LogP contribution >= 0.6 is 0 Å². The van der Waals surface area contributed by atoms with E-state index in [4.69, 9.17) is 0 Å². The molecule has 0 atom stereocenters. The molecule has 19 heavy (non-hydrogen) atoms. The fourth-order valence-corrected chi connectivity index (χ4v) is 1.70. The molecule has 0 bridgehead atoms. The van der Waals surface area contributed by atoms with Crippen LogP contribution in [0.5, 0.6) is 0 Å². The Kier molecular flexibility index (Phi) is 4.66. The Morgan fingerprint density at radius 3 is 2.63 bits per heavy atom. The quantitative estimate of drug-likeness (QED) is 0.833. The average Bonchev–Trinajstić information content (AvgIpc) is 2.43. The normalized spacial score (nSPS) is 10.2. The minimum absolute atomic E-state index is 0.706. The molecular weight excluding hydrogens is 238 g/mol. The van der Waals surface area contributed by atoms with E-state index in [1.54, 1.807) is 6.20 Å². The summed E-state index contributed by atoms with van der Waals surface area (Å²) in [7, 11) is 0. The van der Waals surface area contributed by atoms with Gasteiger partial charge in [-0.2, -0.15) is 0 Å². The first-order valence-corrected chi connectivity index (χ1v) is 6.50. The average molecular weight is 257 g/mol. The zero-order chi connectivity index (χ0) is 13.5. The molecule has 2 rings (SSSR count). The topological polar surface area (TPSA) is 62.7 Å². The number of aryl methyl sites for hydroxylation is 1. The lowest BCUT2D eigenvalue weighted by Crippen LogP contribution is -2.07. The first kappa shape index (κ1) is 13.3. The predicted octanol–water partition coefficient (Wildman–Crippen LogP) is 2.61. The monoisotopic (exact) mass is 257 g/mol. The zero-order valence-corrected chi connectivity index (χ0v) is 11.3. The Balaban J connectivity index is 2.01. The summed E-state index contributed by atoms with van der Waals surface area (Å²) in [5.41, 5.74) is 1.13. The molecule has 0 aromatic carbocycles.